The third-order valence-electron chi connectivity index (χ3n) is 3.08. The quantitative estimate of drug-likeness (QED) is 0.438. The van der Waals surface area contributed by atoms with E-state index in [4.69, 9.17) is 0 Å². The lowest BCUT2D eigenvalue weighted by atomic mass is 10.00. The number of hydrogen-bond acceptors (Lipinski definition) is 2. The van der Waals surface area contributed by atoms with E-state index >= 15 is 0 Å². The molecule has 1 saturated heterocycles. The summed E-state index contributed by atoms with van der Waals surface area (Å²) in [6, 6.07) is 0. The molecule has 0 aromatic carbocycles. The summed E-state index contributed by atoms with van der Waals surface area (Å²) in [7, 11) is 0. The molecule has 0 N–H and O–H groups in total. The minimum absolute atomic E-state index is 0.00587. The Kier molecular flexibility index (Phi) is 4.77. The number of unbranched alkanes of at least 4 members (excludes halogenated alkanes) is 2. The lowest BCUT2D eigenvalue weighted by molar-refractivity contribution is -0.139. The summed E-state index contributed by atoms with van der Waals surface area (Å²) in [6.07, 6.45) is 3.08. The molecule has 0 saturated carbocycles. The highest BCUT2D eigenvalue weighted by atomic mass is 79.9. The molecule has 0 bridgehead atoms. The molecule has 0 radical (unpaired) electrons. The smallest absolute Gasteiger partial charge is 0.232 e. The Hall–Kier alpha value is -0.380. The fourth-order valence-corrected chi connectivity index (χ4v) is 2.19. The van der Waals surface area contributed by atoms with Crippen LogP contribution in [0.15, 0.2) is 0 Å². The van der Waals surface area contributed by atoms with Crippen molar-refractivity contribution in [2.75, 3.05) is 11.9 Å². The fraction of sp³-hybridized carbons (Fsp3) is 0.818. The first-order valence-electron chi connectivity index (χ1n) is 5.50. The van der Waals surface area contributed by atoms with Gasteiger partial charge in [-0.25, -0.2) is 0 Å². The van der Waals surface area contributed by atoms with E-state index in [1.165, 1.54) is 4.90 Å². The van der Waals surface area contributed by atoms with Crippen LogP contribution in [-0.4, -0.2) is 28.6 Å². The summed E-state index contributed by atoms with van der Waals surface area (Å²) in [6.45, 7) is 4.27. The van der Waals surface area contributed by atoms with Gasteiger partial charge < -0.3 is 0 Å². The van der Waals surface area contributed by atoms with Crippen LogP contribution in [0.4, 0.5) is 0 Å². The third kappa shape index (κ3) is 2.80. The van der Waals surface area contributed by atoms with Gasteiger partial charge in [0.1, 0.15) is 0 Å². The third-order valence-corrected chi connectivity index (χ3v) is 3.64. The molecule has 2 amide bonds. The van der Waals surface area contributed by atoms with Gasteiger partial charge in [-0.2, -0.15) is 0 Å². The molecule has 1 rings (SSSR count). The summed E-state index contributed by atoms with van der Waals surface area (Å²) in [5, 5.41) is 0.988. The maximum Gasteiger partial charge on any atom is 0.232 e. The Morgan fingerprint density at radius 3 is 2.07 bits per heavy atom. The molecule has 1 aliphatic heterocycles. The maximum atomic E-state index is 11.7. The normalized spacial score (nSPS) is 26.5. The summed E-state index contributed by atoms with van der Waals surface area (Å²) >= 11 is 3.36. The van der Waals surface area contributed by atoms with Crippen molar-refractivity contribution in [3.63, 3.8) is 0 Å². The van der Waals surface area contributed by atoms with E-state index in [0.717, 1.165) is 24.6 Å². The van der Waals surface area contributed by atoms with Gasteiger partial charge in [-0.05, 0) is 12.8 Å². The van der Waals surface area contributed by atoms with Crippen molar-refractivity contribution in [2.45, 2.75) is 33.1 Å². The van der Waals surface area contributed by atoms with Crippen LogP contribution in [-0.2, 0) is 9.59 Å². The Bertz CT molecular complexity index is 235. The van der Waals surface area contributed by atoms with Gasteiger partial charge in [0, 0.05) is 23.7 Å². The van der Waals surface area contributed by atoms with E-state index in [1.807, 2.05) is 13.8 Å². The number of likely N-dealkylation sites (tertiary alicyclic amines) is 1. The zero-order chi connectivity index (χ0) is 11.4. The standard InChI is InChI=1S/C11H18BrNO2/c1-8-9(2)11(15)13(10(8)14)7-5-3-4-6-12/h8-9H,3-7H2,1-2H3. The number of rotatable bonds is 5. The topological polar surface area (TPSA) is 37.4 Å². The Labute approximate surface area is 99.3 Å². The average Bonchev–Trinajstić information content (AvgIpc) is 2.41. The van der Waals surface area contributed by atoms with Crippen molar-refractivity contribution in [2.24, 2.45) is 11.8 Å². The van der Waals surface area contributed by atoms with Crippen LogP contribution in [0.2, 0.25) is 0 Å². The van der Waals surface area contributed by atoms with Crippen molar-refractivity contribution in [1.29, 1.82) is 0 Å². The first-order valence-corrected chi connectivity index (χ1v) is 6.63. The van der Waals surface area contributed by atoms with E-state index in [2.05, 4.69) is 15.9 Å². The number of alkyl halides is 1. The van der Waals surface area contributed by atoms with Gasteiger partial charge in [-0.15, -0.1) is 0 Å². The SMILES string of the molecule is CC1C(=O)N(CCCCCBr)C(=O)C1C. The summed E-state index contributed by atoms with van der Waals surface area (Å²) in [5.74, 6) is -0.250. The molecule has 2 unspecified atom stereocenters. The maximum absolute atomic E-state index is 11.7. The van der Waals surface area contributed by atoms with Crippen LogP contribution in [0.25, 0.3) is 0 Å². The predicted octanol–water partition coefficient (Wildman–Crippen LogP) is 2.19. The van der Waals surface area contributed by atoms with Crippen LogP contribution in [0.3, 0.4) is 0 Å². The van der Waals surface area contributed by atoms with Gasteiger partial charge in [0.05, 0.1) is 0 Å². The van der Waals surface area contributed by atoms with Crippen LogP contribution >= 0.6 is 15.9 Å². The molecule has 1 aliphatic rings. The van der Waals surface area contributed by atoms with E-state index < -0.39 is 0 Å². The number of halogens is 1. The van der Waals surface area contributed by atoms with Gasteiger partial charge in [0.2, 0.25) is 11.8 Å². The molecule has 0 aromatic heterocycles. The first-order chi connectivity index (χ1) is 7.09. The molecule has 0 aromatic rings. The van der Waals surface area contributed by atoms with Gasteiger partial charge >= 0.3 is 0 Å². The van der Waals surface area contributed by atoms with Crippen LogP contribution in [0.1, 0.15) is 33.1 Å². The van der Waals surface area contributed by atoms with Crippen LogP contribution in [0, 0.1) is 11.8 Å². The highest BCUT2D eigenvalue weighted by molar-refractivity contribution is 9.09. The second-order valence-electron chi connectivity index (χ2n) is 4.16. The highest BCUT2D eigenvalue weighted by Crippen LogP contribution is 2.25. The van der Waals surface area contributed by atoms with E-state index in [0.29, 0.717) is 6.54 Å². The minimum Gasteiger partial charge on any atom is -0.282 e. The predicted molar refractivity (Wildman–Crippen MR) is 62.7 cm³/mol. The zero-order valence-electron chi connectivity index (χ0n) is 9.33. The monoisotopic (exact) mass is 275 g/mol. The Morgan fingerprint density at radius 2 is 1.60 bits per heavy atom. The number of hydrogen-bond donors (Lipinski definition) is 0. The summed E-state index contributed by atoms with van der Waals surface area (Å²) < 4.78 is 0. The van der Waals surface area contributed by atoms with E-state index in [1.54, 1.807) is 0 Å². The molecular weight excluding hydrogens is 258 g/mol. The second kappa shape index (κ2) is 5.64. The molecule has 86 valence electrons. The average molecular weight is 276 g/mol. The Balaban J connectivity index is 2.41. The number of imide groups is 1. The number of carbonyl (C=O) groups excluding carboxylic acids is 2. The number of nitrogens with zero attached hydrogens (tertiary/aromatic N) is 1. The number of carbonyl (C=O) groups is 2. The van der Waals surface area contributed by atoms with Gasteiger partial charge in [-0.1, -0.05) is 36.2 Å². The molecule has 1 fully saturated rings. The summed E-state index contributed by atoms with van der Waals surface area (Å²) in [5.41, 5.74) is 0. The summed E-state index contributed by atoms with van der Waals surface area (Å²) in [4.78, 5) is 24.8. The van der Waals surface area contributed by atoms with Crippen molar-refractivity contribution in [1.82, 2.24) is 4.90 Å². The molecule has 4 heteroatoms. The highest BCUT2D eigenvalue weighted by Gasteiger charge is 2.41. The van der Waals surface area contributed by atoms with Crippen molar-refractivity contribution >= 4 is 27.7 Å². The van der Waals surface area contributed by atoms with Gasteiger partial charge in [0.25, 0.3) is 0 Å². The Morgan fingerprint density at radius 1 is 1.07 bits per heavy atom. The molecule has 15 heavy (non-hydrogen) atoms. The van der Waals surface area contributed by atoms with Crippen LogP contribution < -0.4 is 0 Å². The van der Waals surface area contributed by atoms with E-state index in [-0.39, 0.29) is 23.7 Å². The molecule has 1 heterocycles. The van der Waals surface area contributed by atoms with Gasteiger partial charge in [0.15, 0.2) is 0 Å². The van der Waals surface area contributed by atoms with Crippen molar-refractivity contribution in [3.05, 3.63) is 0 Å². The van der Waals surface area contributed by atoms with E-state index in [9.17, 15) is 9.59 Å². The van der Waals surface area contributed by atoms with Crippen molar-refractivity contribution in [3.8, 4) is 0 Å². The van der Waals surface area contributed by atoms with Crippen LogP contribution in [0.5, 0.6) is 0 Å². The molecule has 2 atom stereocenters. The van der Waals surface area contributed by atoms with Crippen molar-refractivity contribution < 1.29 is 9.59 Å². The zero-order valence-corrected chi connectivity index (χ0v) is 10.9. The lowest BCUT2D eigenvalue weighted by Crippen LogP contribution is -2.31. The molecule has 0 aliphatic carbocycles. The lowest BCUT2D eigenvalue weighted by Gasteiger charge is -2.13. The van der Waals surface area contributed by atoms with Gasteiger partial charge in [-0.3, -0.25) is 14.5 Å². The molecular formula is C11H18BrNO2. The first kappa shape index (κ1) is 12.7. The molecule has 3 nitrogen and oxygen atoms in total. The number of amides is 2. The molecule has 0 spiro atoms. The minimum atomic E-state index is -0.131. The largest absolute Gasteiger partial charge is 0.282 e. The fourth-order valence-electron chi connectivity index (χ4n) is 1.79. The second-order valence-corrected chi connectivity index (χ2v) is 4.95.